The van der Waals surface area contributed by atoms with Crippen LogP contribution in [0, 0.1) is 6.92 Å². The van der Waals surface area contributed by atoms with E-state index in [4.69, 9.17) is 0 Å². The first-order valence-electron chi connectivity index (χ1n) is 6.82. The highest BCUT2D eigenvalue weighted by molar-refractivity contribution is 5.42. The number of aromatic nitrogens is 3. The molecule has 0 bridgehead atoms. The maximum atomic E-state index is 4.57. The van der Waals surface area contributed by atoms with E-state index in [0.717, 1.165) is 23.6 Å². The highest BCUT2D eigenvalue weighted by Gasteiger charge is 2.10. The van der Waals surface area contributed by atoms with Crippen LogP contribution in [0.3, 0.4) is 0 Å². The van der Waals surface area contributed by atoms with Gasteiger partial charge in [-0.05, 0) is 38.1 Å². The van der Waals surface area contributed by atoms with Crippen LogP contribution in [0.4, 0.5) is 0 Å². The molecule has 0 aliphatic rings. The molecule has 3 rings (SSSR count). The number of hydrogen-bond donors (Lipinski definition) is 1. The van der Waals surface area contributed by atoms with Gasteiger partial charge in [0.15, 0.2) is 0 Å². The molecule has 0 spiro atoms. The molecule has 0 fully saturated rings. The fourth-order valence-corrected chi connectivity index (χ4v) is 2.36. The van der Waals surface area contributed by atoms with Crippen molar-refractivity contribution in [1.82, 2.24) is 19.7 Å². The summed E-state index contributed by atoms with van der Waals surface area (Å²) in [5.74, 6) is 0. The van der Waals surface area contributed by atoms with Crippen molar-refractivity contribution in [1.29, 1.82) is 0 Å². The van der Waals surface area contributed by atoms with Gasteiger partial charge in [-0.15, -0.1) is 0 Å². The summed E-state index contributed by atoms with van der Waals surface area (Å²) in [4.78, 5) is 8.95. The maximum Gasteiger partial charge on any atom is 0.137 e. The molecule has 3 aromatic heterocycles. The second-order valence-corrected chi connectivity index (χ2v) is 4.93. The van der Waals surface area contributed by atoms with Crippen LogP contribution in [-0.4, -0.2) is 14.4 Å². The Bertz CT molecular complexity index is 703. The van der Waals surface area contributed by atoms with Crippen molar-refractivity contribution in [2.24, 2.45) is 0 Å². The predicted molar refractivity (Wildman–Crippen MR) is 79.4 cm³/mol. The van der Waals surface area contributed by atoms with Crippen LogP contribution in [0.2, 0.25) is 0 Å². The van der Waals surface area contributed by atoms with E-state index < -0.39 is 0 Å². The van der Waals surface area contributed by atoms with Gasteiger partial charge in [0.1, 0.15) is 5.65 Å². The fraction of sp³-hybridized carbons (Fsp3) is 0.250. The number of imidazole rings is 1. The molecular weight excluding hydrogens is 248 g/mol. The molecule has 1 unspecified atom stereocenters. The zero-order chi connectivity index (χ0) is 13.9. The molecule has 4 heteroatoms. The quantitative estimate of drug-likeness (QED) is 0.789. The first kappa shape index (κ1) is 12.8. The van der Waals surface area contributed by atoms with Gasteiger partial charge in [0.05, 0.1) is 17.1 Å². The van der Waals surface area contributed by atoms with Gasteiger partial charge in [0.25, 0.3) is 0 Å². The molecule has 20 heavy (non-hydrogen) atoms. The normalized spacial score (nSPS) is 12.7. The molecule has 102 valence electrons. The Hall–Kier alpha value is -2.20. The van der Waals surface area contributed by atoms with Crippen LogP contribution >= 0.6 is 0 Å². The van der Waals surface area contributed by atoms with Crippen molar-refractivity contribution < 1.29 is 0 Å². The second kappa shape index (κ2) is 5.43. The Balaban J connectivity index is 1.79. The summed E-state index contributed by atoms with van der Waals surface area (Å²) in [5, 5.41) is 3.51. The second-order valence-electron chi connectivity index (χ2n) is 4.93. The minimum atomic E-state index is 0.213. The average Bonchev–Trinajstić information content (AvgIpc) is 2.81. The van der Waals surface area contributed by atoms with E-state index in [1.807, 2.05) is 42.6 Å². The molecule has 0 saturated heterocycles. The third kappa shape index (κ3) is 2.42. The summed E-state index contributed by atoms with van der Waals surface area (Å²) in [6, 6.07) is 12.3. The van der Waals surface area contributed by atoms with Crippen molar-refractivity contribution in [3.8, 4) is 0 Å². The molecule has 0 amide bonds. The van der Waals surface area contributed by atoms with Crippen LogP contribution < -0.4 is 5.32 Å². The minimum absolute atomic E-state index is 0.213. The molecule has 3 aromatic rings. The lowest BCUT2D eigenvalue weighted by Gasteiger charge is -2.13. The van der Waals surface area contributed by atoms with Gasteiger partial charge in [-0.25, -0.2) is 4.98 Å². The number of hydrogen-bond acceptors (Lipinski definition) is 3. The topological polar surface area (TPSA) is 42.2 Å². The van der Waals surface area contributed by atoms with Crippen molar-refractivity contribution in [2.75, 3.05) is 0 Å². The van der Waals surface area contributed by atoms with Crippen molar-refractivity contribution in [2.45, 2.75) is 26.4 Å². The zero-order valence-electron chi connectivity index (χ0n) is 11.7. The van der Waals surface area contributed by atoms with E-state index in [1.165, 1.54) is 5.69 Å². The number of nitrogens with one attached hydrogen (secondary N) is 1. The van der Waals surface area contributed by atoms with E-state index in [1.54, 1.807) is 0 Å². The van der Waals surface area contributed by atoms with Gasteiger partial charge in [0.2, 0.25) is 0 Å². The lowest BCUT2D eigenvalue weighted by molar-refractivity contribution is 0.552. The Kier molecular flexibility index (Phi) is 3.48. The summed E-state index contributed by atoms with van der Waals surface area (Å²) in [6.45, 7) is 4.95. The summed E-state index contributed by atoms with van der Waals surface area (Å²) in [6.07, 6.45) is 3.88. The number of pyridine rings is 2. The molecular formula is C16H18N4. The summed E-state index contributed by atoms with van der Waals surface area (Å²) < 4.78 is 2.13. The van der Waals surface area contributed by atoms with Crippen molar-refractivity contribution in [3.63, 3.8) is 0 Å². The molecule has 0 aromatic carbocycles. The number of nitrogens with zero attached hydrogens (tertiary/aromatic N) is 3. The molecule has 0 aliphatic heterocycles. The first-order chi connectivity index (χ1) is 9.75. The number of fused-ring (bicyclic) bond motifs is 1. The summed E-state index contributed by atoms with van der Waals surface area (Å²) in [5.41, 5.74) is 4.31. The van der Waals surface area contributed by atoms with Gasteiger partial charge < -0.3 is 9.72 Å². The van der Waals surface area contributed by atoms with Crippen LogP contribution in [0.15, 0.2) is 48.8 Å². The van der Waals surface area contributed by atoms with Gasteiger partial charge >= 0.3 is 0 Å². The van der Waals surface area contributed by atoms with Gasteiger partial charge in [-0.3, -0.25) is 4.98 Å². The minimum Gasteiger partial charge on any atom is -0.303 e. The molecule has 1 atom stereocenters. The lowest BCUT2D eigenvalue weighted by Crippen LogP contribution is -2.20. The standard InChI is InChI=1S/C16H18N4/c1-12(14-7-3-5-9-17-14)18-11-15-13(2)19-16-8-4-6-10-20(15)16/h3-10,12,18H,11H2,1-2H3. The Labute approximate surface area is 118 Å². The summed E-state index contributed by atoms with van der Waals surface area (Å²) in [7, 11) is 0. The Morgan fingerprint density at radius 1 is 1.20 bits per heavy atom. The van der Waals surface area contributed by atoms with Gasteiger partial charge in [0, 0.05) is 25.0 Å². The largest absolute Gasteiger partial charge is 0.303 e. The van der Waals surface area contributed by atoms with Gasteiger partial charge in [-0.1, -0.05) is 12.1 Å². The lowest BCUT2D eigenvalue weighted by atomic mass is 10.2. The molecule has 1 N–H and O–H groups in total. The zero-order valence-corrected chi connectivity index (χ0v) is 11.7. The highest BCUT2D eigenvalue weighted by Crippen LogP contribution is 2.14. The van der Waals surface area contributed by atoms with E-state index in [0.29, 0.717) is 0 Å². The SMILES string of the molecule is Cc1nc2ccccn2c1CNC(C)c1ccccn1. The third-order valence-electron chi connectivity index (χ3n) is 3.54. The van der Waals surface area contributed by atoms with Gasteiger partial charge in [-0.2, -0.15) is 0 Å². The molecule has 4 nitrogen and oxygen atoms in total. The third-order valence-corrected chi connectivity index (χ3v) is 3.54. The van der Waals surface area contributed by atoms with Crippen LogP contribution in [-0.2, 0) is 6.54 Å². The van der Waals surface area contributed by atoms with Crippen LogP contribution in [0.1, 0.15) is 30.0 Å². The molecule has 0 aliphatic carbocycles. The van der Waals surface area contributed by atoms with E-state index in [-0.39, 0.29) is 6.04 Å². The van der Waals surface area contributed by atoms with Crippen LogP contribution in [0.25, 0.3) is 5.65 Å². The Morgan fingerprint density at radius 3 is 2.85 bits per heavy atom. The average molecular weight is 266 g/mol. The van der Waals surface area contributed by atoms with E-state index in [2.05, 4.69) is 39.7 Å². The highest BCUT2D eigenvalue weighted by atomic mass is 15.0. The number of aryl methyl sites for hydroxylation is 1. The predicted octanol–water partition coefficient (Wildman–Crippen LogP) is 2.89. The van der Waals surface area contributed by atoms with E-state index >= 15 is 0 Å². The molecule has 0 radical (unpaired) electrons. The molecule has 3 heterocycles. The smallest absolute Gasteiger partial charge is 0.137 e. The summed E-state index contributed by atoms with van der Waals surface area (Å²) >= 11 is 0. The number of rotatable bonds is 4. The molecule has 0 saturated carbocycles. The van der Waals surface area contributed by atoms with Crippen LogP contribution in [0.5, 0.6) is 0 Å². The maximum absolute atomic E-state index is 4.57. The van der Waals surface area contributed by atoms with Crippen molar-refractivity contribution in [3.05, 3.63) is 65.9 Å². The fourth-order valence-electron chi connectivity index (χ4n) is 2.36. The monoisotopic (exact) mass is 266 g/mol. The van der Waals surface area contributed by atoms with Crippen molar-refractivity contribution >= 4 is 5.65 Å². The Morgan fingerprint density at radius 2 is 2.05 bits per heavy atom. The van der Waals surface area contributed by atoms with E-state index in [9.17, 15) is 0 Å². The first-order valence-corrected chi connectivity index (χ1v) is 6.82.